The van der Waals surface area contributed by atoms with E-state index in [2.05, 4.69) is 29.8 Å². The van der Waals surface area contributed by atoms with Crippen molar-refractivity contribution in [2.75, 3.05) is 13.1 Å². The third-order valence-corrected chi connectivity index (χ3v) is 4.15. The molecule has 0 heterocycles. The number of hydrogen-bond donors (Lipinski definition) is 3. The second-order valence-corrected chi connectivity index (χ2v) is 8.64. The Morgan fingerprint density at radius 3 is 2.19 bits per heavy atom. The van der Waals surface area contributed by atoms with Crippen LogP contribution in [0.5, 0.6) is 0 Å². The van der Waals surface area contributed by atoms with Crippen LogP contribution in [0.4, 0.5) is 0 Å². The Bertz CT molecular complexity index is 580. The van der Waals surface area contributed by atoms with Crippen molar-refractivity contribution in [3.8, 4) is 0 Å². The van der Waals surface area contributed by atoms with Crippen LogP contribution in [-0.2, 0) is 4.79 Å². The zero-order valence-corrected chi connectivity index (χ0v) is 17.1. The summed E-state index contributed by atoms with van der Waals surface area (Å²) in [6.07, 6.45) is 1.19. The van der Waals surface area contributed by atoms with E-state index in [9.17, 15) is 9.59 Å². The van der Waals surface area contributed by atoms with E-state index in [-0.39, 0.29) is 22.9 Å². The Labute approximate surface area is 158 Å². The quantitative estimate of drug-likeness (QED) is 0.600. The van der Waals surface area contributed by atoms with Crippen LogP contribution in [0.15, 0.2) is 30.3 Å². The molecule has 0 aliphatic rings. The molecule has 1 aromatic carbocycles. The van der Waals surface area contributed by atoms with Gasteiger partial charge in [-0.05, 0) is 58.7 Å². The molecule has 5 heteroatoms. The average molecular weight is 362 g/mol. The lowest BCUT2D eigenvalue weighted by atomic mass is 9.96. The fourth-order valence-corrected chi connectivity index (χ4v) is 2.59. The van der Waals surface area contributed by atoms with Gasteiger partial charge in [0.2, 0.25) is 5.91 Å². The van der Waals surface area contributed by atoms with Crippen molar-refractivity contribution in [3.05, 3.63) is 35.9 Å². The number of nitrogens with one attached hydrogen (secondary N) is 3. The summed E-state index contributed by atoms with van der Waals surface area (Å²) in [4.78, 5) is 24.3. The molecule has 5 nitrogen and oxygen atoms in total. The van der Waals surface area contributed by atoms with E-state index in [0.29, 0.717) is 31.0 Å². The molecular weight excluding hydrogens is 326 g/mol. The number of hydrogen-bond acceptors (Lipinski definition) is 3. The molecule has 2 amide bonds. The van der Waals surface area contributed by atoms with Gasteiger partial charge in [-0.15, -0.1) is 0 Å². The molecule has 0 saturated heterocycles. The normalized spacial score (nSPS) is 12.1. The fraction of sp³-hybridized carbons (Fsp3) is 0.619. The summed E-state index contributed by atoms with van der Waals surface area (Å²) in [6, 6.07) is 9.23. The topological polar surface area (TPSA) is 70.2 Å². The van der Waals surface area contributed by atoms with E-state index < -0.39 is 0 Å². The summed E-state index contributed by atoms with van der Waals surface area (Å²) < 4.78 is 0. The number of benzene rings is 1. The molecular formula is C21H35N3O2. The second-order valence-electron chi connectivity index (χ2n) is 8.64. The maximum absolute atomic E-state index is 12.3. The van der Waals surface area contributed by atoms with Crippen LogP contribution in [-0.4, -0.2) is 36.0 Å². The molecule has 0 aliphatic heterocycles. The van der Waals surface area contributed by atoms with Crippen molar-refractivity contribution in [1.82, 2.24) is 16.0 Å². The number of rotatable bonds is 10. The largest absolute Gasteiger partial charge is 0.356 e. The SMILES string of the molecule is CC(C)CNC(=O)CC(C)(C)NCCC(C)(C)NC(=O)c1ccccc1. The Morgan fingerprint density at radius 2 is 1.62 bits per heavy atom. The van der Waals surface area contributed by atoms with Crippen LogP contribution < -0.4 is 16.0 Å². The lowest BCUT2D eigenvalue weighted by Gasteiger charge is -2.30. The first-order chi connectivity index (χ1) is 12.0. The molecule has 0 aromatic heterocycles. The zero-order chi connectivity index (χ0) is 19.8. The maximum Gasteiger partial charge on any atom is 0.251 e. The molecule has 0 bridgehead atoms. The summed E-state index contributed by atoms with van der Waals surface area (Å²) in [6.45, 7) is 13.6. The minimum atomic E-state index is -0.337. The van der Waals surface area contributed by atoms with Gasteiger partial charge >= 0.3 is 0 Å². The first-order valence-corrected chi connectivity index (χ1v) is 9.40. The monoisotopic (exact) mass is 361 g/mol. The van der Waals surface area contributed by atoms with E-state index in [1.165, 1.54) is 0 Å². The van der Waals surface area contributed by atoms with Crippen LogP contribution in [0.1, 0.15) is 64.7 Å². The molecule has 1 rings (SSSR count). The van der Waals surface area contributed by atoms with Crippen molar-refractivity contribution < 1.29 is 9.59 Å². The van der Waals surface area contributed by atoms with Gasteiger partial charge in [-0.1, -0.05) is 32.0 Å². The third-order valence-electron chi connectivity index (χ3n) is 4.15. The van der Waals surface area contributed by atoms with E-state index >= 15 is 0 Å². The van der Waals surface area contributed by atoms with Crippen LogP contribution in [0.2, 0.25) is 0 Å². The Balaban J connectivity index is 2.41. The second kappa shape index (κ2) is 9.72. The highest BCUT2D eigenvalue weighted by Crippen LogP contribution is 2.13. The number of amides is 2. The third kappa shape index (κ3) is 8.99. The van der Waals surface area contributed by atoms with Gasteiger partial charge in [-0.3, -0.25) is 9.59 Å². The Kier molecular flexibility index (Phi) is 8.28. The molecule has 1 aromatic rings. The molecule has 146 valence electrons. The summed E-state index contributed by atoms with van der Waals surface area (Å²) in [7, 11) is 0. The Morgan fingerprint density at radius 1 is 1.00 bits per heavy atom. The molecule has 0 saturated carbocycles. The van der Waals surface area contributed by atoms with Crippen molar-refractivity contribution >= 4 is 11.8 Å². The van der Waals surface area contributed by atoms with Gasteiger partial charge in [0.1, 0.15) is 0 Å². The van der Waals surface area contributed by atoms with Gasteiger partial charge in [0, 0.05) is 29.6 Å². The van der Waals surface area contributed by atoms with Crippen LogP contribution in [0.25, 0.3) is 0 Å². The summed E-state index contributed by atoms with van der Waals surface area (Å²) >= 11 is 0. The first kappa shape index (κ1) is 22.2. The standard InChI is InChI=1S/C21H35N3O2/c1-16(2)15-22-18(25)14-21(5,6)23-13-12-20(3,4)24-19(26)17-10-8-7-9-11-17/h7-11,16,23H,12-15H2,1-6H3,(H,22,25)(H,24,26). The summed E-state index contributed by atoms with van der Waals surface area (Å²) in [5.74, 6) is 0.444. The maximum atomic E-state index is 12.3. The molecule has 0 unspecified atom stereocenters. The minimum absolute atomic E-state index is 0.0628. The van der Waals surface area contributed by atoms with E-state index in [0.717, 1.165) is 6.42 Å². The minimum Gasteiger partial charge on any atom is -0.356 e. The van der Waals surface area contributed by atoms with Crippen LogP contribution in [0.3, 0.4) is 0 Å². The predicted octanol–water partition coefficient (Wildman–Crippen LogP) is 3.12. The predicted molar refractivity (Wildman–Crippen MR) is 107 cm³/mol. The lowest BCUT2D eigenvalue weighted by Crippen LogP contribution is -2.49. The van der Waals surface area contributed by atoms with E-state index in [1.807, 2.05) is 58.0 Å². The van der Waals surface area contributed by atoms with Crippen molar-refractivity contribution in [2.45, 2.75) is 65.5 Å². The highest BCUT2D eigenvalue weighted by Gasteiger charge is 2.25. The average Bonchev–Trinajstić information content (AvgIpc) is 2.52. The van der Waals surface area contributed by atoms with Crippen molar-refractivity contribution in [1.29, 1.82) is 0 Å². The first-order valence-electron chi connectivity index (χ1n) is 9.40. The van der Waals surface area contributed by atoms with E-state index in [1.54, 1.807) is 0 Å². The van der Waals surface area contributed by atoms with Gasteiger partial charge in [0.05, 0.1) is 0 Å². The number of carbonyl (C=O) groups excluding carboxylic acids is 2. The highest BCUT2D eigenvalue weighted by molar-refractivity contribution is 5.94. The fourth-order valence-electron chi connectivity index (χ4n) is 2.59. The molecule has 0 spiro atoms. The summed E-state index contributed by atoms with van der Waals surface area (Å²) in [5.41, 5.74) is 0.0342. The lowest BCUT2D eigenvalue weighted by molar-refractivity contribution is -0.122. The van der Waals surface area contributed by atoms with Crippen LogP contribution in [0, 0.1) is 5.92 Å². The van der Waals surface area contributed by atoms with Gasteiger partial charge in [0.15, 0.2) is 0 Å². The molecule has 3 N–H and O–H groups in total. The molecule has 26 heavy (non-hydrogen) atoms. The number of carbonyl (C=O) groups is 2. The van der Waals surface area contributed by atoms with Gasteiger partial charge in [-0.25, -0.2) is 0 Å². The summed E-state index contributed by atoms with van der Waals surface area (Å²) in [5, 5.41) is 9.46. The molecule has 0 radical (unpaired) electrons. The highest BCUT2D eigenvalue weighted by atomic mass is 16.2. The molecule has 0 aliphatic carbocycles. The van der Waals surface area contributed by atoms with Crippen molar-refractivity contribution in [2.24, 2.45) is 5.92 Å². The van der Waals surface area contributed by atoms with Crippen LogP contribution >= 0.6 is 0 Å². The van der Waals surface area contributed by atoms with Gasteiger partial charge < -0.3 is 16.0 Å². The van der Waals surface area contributed by atoms with Gasteiger partial charge in [-0.2, -0.15) is 0 Å². The molecule has 0 fully saturated rings. The Hall–Kier alpha value is -1.88. The zero-order valence-electron chi connectivity index (χ0n) is 17.1. The van der Waals surface area contributed by atoms with Gasteiger partial charge in [0.25, 0.3) is 5.91 Å². The van der Waals surface area contributed by atoms with E-state index in [4.69, 9.17) is 0 Å². The van der Waals surface area contributed by atoms with Crippen molar-refractivity contribution in [3.63, 3.8) is 0 Å². The molecule has 0 atom stereocenters. The smallest absolute Gasteiger partial charge is 0.251 e.